The van der Waals surface area contributed by atoms with Crippen LogP contribution in [0.25, 0.3) is 10.6 Å². The van der Waals surface area contributed by atoms with Crippen LogP contribution in [0, 0.1) is 5.92 Å². The smallest absolute Gasteiger partial charge is 0.416 e. The van der Waals surface area contributed by atoms with Gasteiger partial charge in [-0.25, -0.2) is 15.0 Å². The Morgan fingerprint density at radius 3 is 2.61 bits per heavy atom. The van der Waals surface area contributed by atoms with Crippen LogP contribution < -0.4 is 10.2 Å². The Hall–Kier alpha value is -3.21. The molecule has 0 aliphatic heterocycles. The number of anilines is 3. The average Bonchev–Trinajstić information content (AvgIpc) is 3.29. The zero-order chi connectivity index (χ0) is 23.6. The molecule has 1 saturated carbocycles. The summed E-state index contributed by atoms with van der Waals surface area (Å²) in [4.78, 5) is 27.0. The Labute approximate surface area is 192 Å². The van der Waals surface area contributed by atoms with E-state index in [0.29, 0.717) is 24.4 Å². The molecular formula is C22H22F3N5O2S. The third-order valence-electron chi connectivity index (χ3n) is 5.73. The highest BCUT2D eigenvalue weighted by Crippen LogP contribution is 2.35. The number of aliphatic carboxylic acids is 1. The molecular weight excluding hydrogens is 455 g/mol. The summed E-state index contributed by atoms with van der Waals surface area (Å²) in [5.41, 5.74) is -0.151. The van der Waals surface area contributed by atoms with Crippen molar-refractivity contribution >= 4 is 34.1 Å². The fourth-order valence-corrected chi connectivity index (χ4v) is 4.78. The highest BCUT2D eigenvalue weighted by Gasteiger charge is 2.31. The Kier molecular flexibility index (Phi) is 6.50. The molecule has 0 amide bonds. The monoisotopic (exact) mass is 477 g/mol. The fourth-order valence-electron chi connectivity index (χ4n) is 3.86. The van der Waals surface area contributed by atoms with E-state index >= 15 is 0 Å². The maximum absolute atomic E-state index is 12.9. The standard InChI is InChI=1S/C22H22F3N5O2S/c1-30(15-7-5-13(6-8-15)20(31)32)21-27-12-17(33-21)16-3-2-4-18(28-16)29-19-11-14(9-10-26-19)22(23,24)25/h2-4,9-13,15H,5-8H2,1H3,(H,31,32)(H,26,28,29)/t13-,15-. The molecule has 1 aliphatic rings. The van der Waals surface area contributed by atoms with Gasteiger partial charge in [0.2, 0.25) is 0 Å². The molecule has 3 heterocycles. The second-order valence-corrected chi connectivity index (χ2v) is 8.93. The van der Waals surface area contributed by atoms with E-state index in [9.17, 15) is 23.1 Å². The molecule has 1 fully saturated rings. The van der Waals surface area contributed by atoms with Gasteiger partial charge in [0.15, 0.2) is 5.13 Å². The molecule has 0 spiro atoms. The first-order valence-electron chi connectivity index (χ1n) is 10.4. The van der Waals surface area contributed by atoms with E-state index in [-0.39, 0.29) is 17.8 Å². The minimum Gasteiger partial charge on any atom is -0.481 e. The van der Waals surface area contributed by atoms with Crippen molar-refractivity contribution in [2.24, 2.45) is 5.92 Å². The molecule has 0 atom stereocenters. The maximum Gasteiger partial charge on any atom is 0.416 e. The molecule has 4 rings (SSSR count). The van der Waals surface area contributed by atoms with Gasteiger partial charge in [0.25, 0.3) is 0 Å². The van der Waals surface area contributed by atoms with E-state index in [1.54, 1.807) is 24.4 Å². The van der Waals surface area contributed by atoms with Crippen LogP contribution in [-0.2, 0) is 11.0 Å². The van der Waals surface area contributed by atoms with Gasteiger partial charge >= 0.3 is 12.1 Å². The van der Waals surface area contributed by atoms with Crippen molar-refractivity contribution in [2.75, 3.05) is 17.3 Å². The van der Waals surface area contributed by atoms with Gasteiger partial charge < -0.3 is 15.3 Å². The van der Waals surface area contributed by atoms with E-state index in [4.69, 9.17) is 0 Å². The fraction of sp³-hybridized carbons (Fsp3) is 0.364. The Morgan fingerprint density at radius 2 is 1.91 bits per heavy atom. The Bertz CT molecular complexity index is 1130. The van der Waals surface area contributed by atoms with Gasteiger partial charge in [-0.05, 0) is 49.9 Å². The number of thiazole rings is 1. The molecule has 33 heavy (non-hydrogen) atoms. The van der Waals surface area contributed by atoms with Crippen molar-refractivity contribution in [3.05, 3.63) is 48.3 Å². The lowest BCUT2D eigenvalue weighted by Gasteiger charge is -2.33. The van der Waals surface area contributed by atoms with Crippen LogP contribution in [0.5, 0.6) is 0 Å². The van der Waals surface area contributed by atoms with Crippen LogP contribution in [0.15, 0.2) is 42.7 Å². The third kappa shape index (κ3) is 5.41. The number of carboxylic acid groups (broad SMARTS) is 1. The van der Waals surface area contributed by atoms with Gasteiger partial charge in [-0.15, -0.1) is 0 Å². The molecule has 2 N–H and O–H groups in total. The summed E-state index contributed by atoms with van der Waals surface area (Å²) in [5.74, 6) is -0.578. The highest BCUT2D eigenvalue weighted by atomic mass is 32.1. The van der Waals surface area contributed by atoms with Crippen LogP contribution in [0.3, 0.4) is 0 Å². The van der Waals surface area contributed by atoms with Crippen molar-refractivity contribution in [3.8, 4) is 10.6 Å². The first-order valence-corrected chi connectivity index (χ1v) is 11.2. The van der Waals surface area contributed by atoms with E-state index in [2.05, 4.69) is 25.2 Å². The van der Waals surface area contributed by atoms with Crippen molar-refractivity contribution < 1.29 is 23.1 Å². The largest absolute Gasteiger partial charge is 0.481 e. The van der Waals surface area contributed by atoms with Crippen LogP contribution in [-0.4, -0.2) is 39.1 Å². The first kappa shape index (κ1) is 23.0. The van der Waals surface area contributed by atoms with Crippen LogP contribution in [0.2, 0.25) is 0 Å². The second-order valence-electron chi connectivity index (χ2n) is 7.92. The van der Waals surface area contributed by atoms with Gasteiger partial charge in [0.1, 0.15) is 11.6 Å². The number of nitrogens with zero attached hydrogens (tertiary/aromatic N) is 4. The first-order chi connectivity index (χ1) is 15.7. The van der Waals surface area contributed by atoms with Crippen LogP contribution in [0.1, 0.15) is 31.2 Å². The van der Waals surface area contributed by atoms with Crippen molar-refractivity contribution in [1.29, 1.82) is 0 Å². The maximum atomic E-state index is 12.9. The number of halogens is 3. The molecule has 3 aromatic rings. The lowest BCUT2D eigenvalue weighted by molar-refractivity contribution is -0.143. The van der Waals surface area contributed by atoms with Gasteiger partial charge in [-0.3, -0.25) is 4.79 Å². The highest BCUT2D eigenvalue weighted by molar-refractivity contribution is 7.18. The lowest BCUT2D eigenvalue weighted by atomic mass is 9.86. The van der Waals surface area contributed by atoms with Gasteiger partial charge in [0.05, 0.1) is 22.1 Å². The molecule has 0 radical (unpaired) electrons. The van der Waals surface area contributed by atoms with E-state index in [1.165, 1.54) is 11.3 Å². The number of rotatable bonds is 6. The van der Waals surface area contributed by atoms with Gasteiger partial charge in [-0.2, -0.15) is 13.2 Å². The zero-order valence-electron chi connectivity index (χ0n) is 17.7. The number of alkyl halides is 3. The zero-order valence-corrected chi connectivity index (χ0v) is 18.5. The van der Waals surface area contributed by atoms with E-state index < -0.39 is 17.7 Å². The average molecular weight is 478 g/mol. The molecule has 7 nitrogen and oxygen atoms in total. The molecule has 0 bridgehead atoms. The summed E-state index contributed by atoms with van der Waals surface area (Å²) < 4.78 is 38.8. The van der Waals surface area contributed by atoms with Crippen molar-refractivity contribution in [1.82, 2.24) is 15.0 Å². The SMILES string of the molecule is CN(c1ncc(-c2cccc(Nc3cc(C(F)(F)F)ccn3)n2)s1)[C@H]1CC[C@H](C(=O)O)CC1. The predicted molar refractivity (Wildman–Crippen MR) is 120 cm³/mol. The number of aromatic nitrogens is 3. The van der Waals surface area contributed by atoms with E-state index in [1.807, 2.05) is 7.05 Å². The number of pyridine rings is 2. The minimum atomic E-state index is -4.45. The normalized spacial score (nSPS) is 18.7. The summed E-state index contributed by atoms with van der Waals surface area (Å²) in [6.07, 6.45) is 1.27. The molecule has 3 aromatic heterocycles. The van der Waals surface area contributed by atoms with Gasteiger partial charge in [0, 0.05) is 25.5 Å². The summed E-state index contributed by atoms with van der Waals surface area (Å²) in [6, 6.07) is 7.30. The lowest BCUT2D eigenvalue weighted by Crippen LogP contribution is -2.36. The Morgan fingerprint density at radius 1 is 1.15 bits per heavy atom. The number of hydrogen-bond donors (Lipinski definition) is 2. The number of hydrogen-bond acceptors (Lipinski definition) is 7. The summed E-state index contributed by atoms with van der Waals surface area (Å²) in [5, 5.41) is 12.8. The molecule has 0 unspecified atom stereocenters. The topological polar surface area (TPSA) is 91.2 Å². The molecule has 0 saturated heterocycles. The van der Waals surface area contributed by atoms with Crippen LogP contribution in [0.4, 0.5) is 29.9 Å². The summed E-state index contributed by atoms with van der Waals surface area (Å²) >= 11 is 1.46. The summed E-state index contributed by atoms with van der Waals surface area (Å²) in [7, 11) is 1.96. The summed E-state index contributed by atoms with van der Waals surface area (Å²) in [6.45, 7) is 0. The number of nitrogens with one attached hydrogen (secondary N) is 1. The minimum absolute atomic E-state index is 0.0520. The van der Waals surface area contributed by atoms with Crippen molar-refractivity contribution in [3.63, 3.8) is 0 Å². The molecule has 1 aliphatic carbocycles. The number of carbonyl (C=O) groups is 1. The number of carboxylic acids is 1. The molecule has 0 aromatic carbocycles. The van der Waals surface area contributed by atoms with E-state index in [0.717, 1.165) is 41.2 Å². The second kappa shape index (κ2) is 9.34. The van der Waals surface area contributed by atoms with Crippen molar-refractivity contribution in [2.45, 2.75) is 37.9 Å². The third-order valence-corrected chi connectivity index (χ3v) is 6.84. The Balaban J connectivity index is 1.46. The predicted octanol–water partition coefficient (Wildman–Crippen LogP) is 5.44. The molecule has 174 valence electrons. The van der Waals surface area contributed by atoms with Gasteiger partial charge in [-0.1, -0.05) is 17.4 Å². The molecule has 11 heteroatoms. The van der Waals surface area contributed by atoms with Crippen LogP contribution >= 0.6 is 11.3 Å². The quantitative estimate of drug-likeness (QED) is 0.488.